The summed E-state index contributed by atoms with van der Waals surface area (Å²) in [5.41, 5.74) is 0. The quantitative estimate of drug-likeness (QED) is 0.489. The number of hydrogen-bond donors (Lipinski definition) is 0. The van der Waals surface area contributed by atoms with Gasteiger partial charge in [0.2, 0.25) is 10.5 Å². The molecule has 56 valence electrons. The third-order valence-electron chi connectivity index (χ3n) is 0.756. The molecular formula is C6H6Cl2O2. The largest absolute Gasteiger partial charge is 0.281 e. The number of allylic oxidation sites excluding steroid dienone is 2. The Kier molecular flexibility index (Phi) is 5.26. The molecule has 0 bridgehead atoms. The molecule has 0 saturated heterocycles. The summed E-state index contributed by atoms with van der Waals surface area (Å²) in [6.07, 6.45) is 3.40. The fraction of sp³-hybridized carbons (Fsp3) is 0.333. The summed E-state index contributed by atoms with van der Waals surface area (Å²) in [6.45, 7) is 0. The van der Waals surface area contributed by atoms with Crippen molar-refractivity contribution in [2.24, 2.45) is 0 Å². The lowest BCUT2D eigenvalue weighted by Crippen LogP contribution is -1.83. The summed E-state index contributed by atoms with van der Waals surface area (Å²) in [6, 6.07) is 0. The molecule has 0 radical (unpaired) electrons. The van der Waals surface area contributed by atoms with Gasteiger partial charge in [0.05, 0.1) is 0 Å². The lowest BCUT2D eigenvalue weighted by atomic mass is 10.3. The molecule has 0 saturated carbocycles. The maximum absolute atomic E-state index is 10.1. The van der Waals surface area contributed by atoms with Gasteiger partial charge in [0.1, 0.15) is 0 Å². The van der Waals surface area contributed by atoms with E-state index in [9.17, 15) is 9.59 Å². The molecule has 0 aliphatic carbocycles. The average Bonchev–Trinajstić information content (AvgIpc) is 1.79. The average molecular weight is 181 g/mol. The number of hydrogen-bond acceptors (Lipinski definition) is 2. The first-order valence-electron chi connectivity index (χ1n) is 2.67. The highest BCUT2D eigenvalue weighted by Crippen LogP contribution is 1.96. The van der Waals surface area contributed by atoms with Gasteiger partial charge < -0.3 is 0 Å². The van der Waals surface area contributed by atoms with Crippen LogP contribution in [0.15, 0.2) is 12.2 Å². The standard InChI is InChI=1S/C6H6Cl2O2/c7-5(9)3-1-2-4-6(8)10/h1,3H,2,4H2/b3-1+. The van der Waals surface area contributed by atoms with Crippen molar-refractivity contribution in [3.63, 3.8) is 0 Å². The first kappa shape index (κ1) is 9.66. The molecule has 0 atom stereocenters. The monoisotopic (exact) mass is 180 g/mol. The maximum Gasteiger partial charge on any atom is 0.244 e. The van der Waals surface area contributed by atoms with Crippen LogP contribution in [0, 0.1) is 0 Å². The molecule has 0 aromatic carbocycles. The van der Waals surface area contributed by atoms with Gasteiger partial charge in [0, 0.05) is 6.42 Å². The topological polar surface area (TPSA) is 34.1 Å². The van der Waals surface area contributed by atoms with E-state index in [2.05, 4.69) is 0 Å². The van der Waals surface area contributed by atoms with Crippen molar-refractivity contribution in [2.45, 2.75) is 12.8 Å². The maximum atomic E-state index is 10.1. The molecule has 0 aliphatic rings. The number of rotatable bonds is 4. The van der Waals surface area contributed by atoms with Crippen LogP contribution < -0.4 is 0 Å². The predicted molar refractivity (Wildman–Crippen MR) is 40.1 cm³/mol. The first-order valence-corrected chi connectivity index (χ1v) is 3.43. The van der Waals surface area contributed by atoms with E-state index in [1.807, 2.05) is 0 Å². The molecule has 0 N–H and O–H groups in total. The zero-order valence-corrected chi connectivity index (χ0v) is 6.65. The Labute approximate surface area is 68.8 Å². The Morgan fingerprint density at radius 3 is 2.30 bits per heavy atom. The van der Waals surface area contributed by atoms with Gasteiger partial charge in [-0.3, -0.25) is 9.59 Å². The SMILES string of the molecule is O=C(Cl)/C=C/CCC(=O)Cl. The summed E-state index contributed by atoms with van der Waals surface area (Å²) in [5, 5.41) is -0.950. The van der Waals surface area contributed by atoms with Crippen LogP contribution in [0.25, 0.3) is 0 Å². The molecule has 0 heterocycles. The van der Waals surface area contributed by atoms with Gasteiger partial charge >= 0.3 is 0 Å². The molecule has 0 aromatic rings. The Hall–Kier alpha value is -0.340. The van der Waals surface area contributed by atoms with Crippen molar-refractivity contribution in [1.82, 2.24) is 0 Å². The van der Waals surface area contributed by atoms with Gasteiger partial charge in [0.25, 0.3) is 0 Å². The number of halogens is 2. The van der Waals surface area contributed by atoms with Crippen molar-refractivity contribution >= 4 is 33.7 Å². The van der Waals surface area contributed by atoms with Gasteiger partial charge in [-0.15, -0.1) is 0 Å². The Morgan fingerprint density at radius 1 is 1.30 bits per heavy atom. The van der Waals surface area contributed by atoms with Crippen LogP contribution >= 0.6 is 23.2 Å². The second kappa shape index (κ2) is 5.45. The molecule has 4 heteroatoms. The zero-order chi connectivity index (χ0) is 7.98. The smallest absolute Gasteiger partial charge is 0.244 e. The van der Waals surface area contributed by atoms with Crippen LogP contribution in [0.3, 0.4) is 0 Å². The van der Waals surface area contributed by atoms with Crippen LogP contribution in [-0.4, -0.2) is 10.5 Å². The zero-order valence-electron chi connectivity index (χ0n) is 5.14. The van der Waals surface area contributed by atoms with Crippen LogP contribution in [0.2, 0.25) is 0 Å². The van der Waals surface area contributed by atoms with E-state index in [-0.39, 0.29) is 6.42 Å². The minimum atomic E-state index is -0.540. The molecule has 0 aliphatic heterocycles. The van der Waals surface area contributed by atoms with Gasteiger partial charge in [-0.05, 0) is 35.7 Å². The molecule has 0 fully saturated rings. The van der Waals surface area contributed by atoms with Crippen molar-refractivity contribution < 1.29 is 9.59 Å². The summed E-state index contributed by atoms with van der Waals surface area (Å²) in [5.74, 6) is 0. The van der Waals surface area contributed by atoms with Gasteiger partial charge in [-0.25, -0.2) is 0 Å². The third-order valence-corrected chi connectivity index (χ3v) is 1.07. The number of carbonyl (C=O) groups excluding carboxylic acids is 2. The van der Waals surface area contributed by atoms with E-state index in [1.165, 1.54) is 12.2 Å². The van der Waals surface area contributed by atoms with Crippen molar-refractivity contribution in [2.75, 3.05) is 0 Å². The second-order valence-electron chi connectivity index (χ2n) is 1.60. The van der Waals surface area contributed by atoms with Crippen molar-refractivity contribution in [1.29, 1.82) is 0 Å². The van der Waals surface area contributed by atoms with E-state index in [4.69, 9.17) is 23.2 Å². The summed E-state index contributed by atoms with van der Waals surface area (Å²) in [4.78, 5) is 20.2. The molecule has 10 heavy (non-hydrogen) atoms. The fourth-order valence-electron chi connectivity index (χ4n) is 0.373. The van der Waals surface area contributed by atoms with Crippen LogP contribution in [0.4, 0.5) is 0 Å². The molecule has 2 nitrogen and oxygen atoms in total. The van der Waals surface area contributed by atoms with Gasteiger partial charge in [-0.2, -0.15) is 0 Å². The Balaban J connectivity index is 3.36. The number of carbonyl (C=O) groups is 2. The molecule has 0 unspecified atom stereocenters. The van der Waals surface area contributed by atoms with Gasteiger partial charge in [-0.1, -0.05) is 6.08 Å². The highest BCUT2D eigenvalue weighted by Gasteiger charge is 1.91. The summed E-state index contributed by atoms with van der Waals surface area (Å²) >= 11 is 9.95. The van der Waals surface area contributed by atoms with Gasteiger partial charge in [0.15, 0.2) is 0 Å². The minimum Gasteiger partial charge on any atom is -0.281 e. The lowest BCUT2D eigenvalue weighted by molar-refractivity contribution is -0.111. The highest BCUT2D eigenvalue weighted by molar-refractivity contribution is 6.66. The molecule has 0 spiro atoms. The van der Waals surface area contributed by atoms with E-state index in [0.29, 0.717) is 6.42 Å². The van der Waals surface area contributed by atoms with E-state index >= 15 is 0 Å². The first-order chi connectivity index (χ1) is 4.63. The Bertz CT molecular complexity index is 163. The third kappa shape index (κ3) is 7.66. The fourth-order valence-corrected chi connectivity index (χ4v) is 0.571. The minimum absolute atomic E-state index is 0.238. The van der Waals surface area contributed by atoms with Crippen molar-refractivity contribution in [3.8, 4) is 0 Å². The van der Waals surface area contributed by atoms with E-state index < -0.39 is 10.5 Å². The van der Waals surface area contributed by atoms with Crippen LogP contribution in [0.5, 0.6) is 0 Å². The summed E-state index contributed by atoms with van der Waals surface area (Å²) < 4.78 is 0. The molecular weight excluding hydrogens is 175 g/mol. The van der Waals surface area contributed by atoms with E-state index in [1.54, 1.807) is 0 Å². The predicted octanol–water partition coefficient (Wildman–Crippen LogP) is 1.85. The Morgan fingerprint density at radius 2 is 1.90 bits per heavy atom. The second-order valence-corrected chi connectivity index (χ2v) is 2.39. The van der Waals surface area contributed by atoms with E-state index in [0.717, 1.165) is 0 Å². The van der Waals surface area contributed by atoms with Crippen LogP contribution in [0.1, 0.15) is 12.8 Å². The lowest BCUT2D eigenvalue weighted by Gasteiger charge is -1.83. The molecule has 0 rings (SSSR count). The van der Waals surface area contributed by atoms with Crippen LogP contribution in [-0.2, 0) is 9.59 Å². The summed E-state index contributed by atoms with van der Waals surface area (Å²) in [7, 11) is 0. The van der Waals surface area contributed by atoms with Crippen molar-refractivity contribution in [3.05, 3.63) is 12.2 Å². The molecule has 0 aromatic heterocycles. The molecule has 0 amide bonds. The normalized spacial score (nSPS) is 10.2. The highest BCUT2D eigenvalue weighted by atomic mass is 35.5.